The van der Waals surface area contributed by atoms with E-state index in [2.05, 4.69) is 28.9 Å². The van der Waals surface area contributed by atoms with Crippen LogP contribution in [0.25, 0.3) is 0 Å². The summed E-state index contributed by atoms with van der Waals surface area (Å²) in [6, 6.07) is 7.04. The first-order chi connectivity index (χ1) is 10.3. The van der Waals surface area contributed by atoms with E-state index in [9.17, 15) is 13.2 Å². The first-order valence-electron chi connectivity index (χ1n) is 7.02. The minimum Gasteiger partial charge on any atom is -0.370 e. The molecule has 0 saturated carbocycles. The summed E-state index contributed by atoms with van der Waals surface area (Å²) in [7, 11) is 0. The van der Waals surface area contributed by atoms with Gasteiger partial charge in [0.25, 0.3) is 0 Å². The topological polar surface area (TPSA) is 59.6 Å². The van der Waals surface area contributed by atoms with Crippen LogP contribution in [0, 0.1) is 5.92 Å². The molecule has 1 aromatic carbocycles. The highest BCUT2D eigenvalue weighted by atomic mass is 19.4. The number of rotatable bonds is 7. The number of ether oxygens (including phenoxy) is 1. The maximum atomic E-state index is 12.0. The molecule has 0 amide bonds. The molecule has 0 aliphatic carbocycles. The normalized spacial score (nSPS) is 12.7. The smallest absolute Gasteiger partial charge is 0.370 e. The standard InChI is InChI=1S/C15H22F3N3O/c1-11(2)7-20-14(19)21-8-12-3-5-13(6-4-12)9-22-10-15(16,17)18/h3-6,11H,7-10H2,1-2H3,(H3,19,20,21). The molecule has 0 aromatic heterocycles. The Kier molecular flexibility index (Phi) is 7.17. The van der Waals surface area contributed by atoms with Crippen molar-refractivity contribution in [1.29, 1.82) is 0 Å². The molecular weight excluding hydrogens is 295 g/mol. The second kappa shape index (κ2) is 8.63. The highest BCUT2D eigenvalue weighted by Crippen LogP contribution is 2.15. The molecule has 0 fully saturated rings. The van der Waals surface area contributed by atoms with Crippen LogP contribution in [0.4, 0.5) is 13.2 Å². The second-order valence-electron chi connectivity index (χ2n) is 5.40. The highest BCUT2D eigenvalue weighted by molar-refractivity contribution is 5.77. The summed E-state index contributed by atoms with van der Waals surface area (Å²) in [5.41, 5.74) is 7.33. The van der Waals surface area contributed by atoms with E-state index in [1.54, 1.807) is 24.3 Å². The van der Waals surface area contributed by atoms with Crippen molar-refractivity contribution >= 4 is 5.96 Å². The van der Waals surface area contributed by atoms with Crippen LogP contribution in [0.1, 0.15) is 25.0 Å². The van der Waals surface area contributed by atoms with Gasteiger partial charge in [0, 0.05) is 6.54 Å². The third kappa shape index (κ3) is 8.51. The molecule has 4 nitrogen and oxygen atoms in total. The number of guanidine groups is 1. The zero-order chi connectivity index (χ0) is 16.6. The van der Waals surface area contributed by atoms with Crippen molar-refractivity contribution in [3.8, 4) is 0 Å². The summed E-state index contributed by atoms with van der Waals surface area (Å²) in [5, 5.41) is 3.01. The molecule has 1 aromatic rings. The van der Waals surface area contributed by atoms with Crippen LogP contribution in [0.15, 0.2) is 29.3 Å². The molecule has 0 saturated heterocycles. The monoisotopic (exact) mass is 317 g/mol. The Bertz CT molecular complexity index is 470. The van der Waals surface area contributed by atoms with E-state index < -0.39 is 12.8 Å². The SMILES string of the molecule is CC(C)CNC(N)=NCc1ccc(COCC(F)(F)F)cc1. The van der Waals surface area contributed by atoms with E-state index in [0.29, 0.717) is 24.0 Å². The molecule has 1 rings (SSSR count). The van der Waals surface area contributed by atoms with Crippen LogP contribution in [0.5, 0.6) is 0 Å². The first-order valence-corrected chi connectivity index (χ1v) is 7.02. The number of alkyl halides is 3. The van der Waals surface area contributed by atoms with E-state index in [0.717, 1.165) is 12.1 Å². The van der Waals surface area contributed by atoms with Gasteiger partial charge in [0.15, 0.2) is 5.96 Å². The van der Waals surface area contributed by atoms with Gasteiger partial charge >= 0.3 is 6.18 Å². The maximum absolute atomic E-state index is 12.0. The lowest BCUT2D eigenvalue weighted by Gasteiger charge is -2.09. The van der Waals surface area contributed by atoms with Crippen molar-refractivity contribution in [1.82, 2.24) is 5.32 Å². The number of hydrogen-bond acceptors (Lipinski definition) is 2. The third-order valence-corrected chi connectivity index (χ3v) is 2.68. The van der Waals surface area contributed by atoms with E-state index in [1.165, 1.54) is 0 Å². The quantitative estimate of drug-likeness (QED) is 0.600. The molecule has 22 heavy (non-hydrogen) atoms. The molecule has 0 aliphatic rings. The molecule has 0 unspecified atom stereocenters. The van der Waals surface area contributed by atoms with Gasteiger partial charge in [-0.2, -0.15) is 13.2 Å². The predicted octanol–water partition coefficient (Wildman–Crippen LogP) is 2.83. The molecular formula is C15H22F3N3O. The minimum absolute atomic E-state index is 0.0683. The van der Waals surface area contributed by atoms with Crippen LogP contribution in [-0.2, 0) is 17.9 Å². The number of nitrogens with zero attached hydrogens (tertiary/aromatic N) is 1. The van der Waals surface area contributed by atoms with Crippen LogP contribution in [-0.4, -0.2) is 25.3 Å². The van der Waals surface area contributed by atoms with Gasteiger partial charge in [0.2, 0.25) is 0 Å². The summed E-state index contributed by atoms with van der Waals surface area (Å²) >= 11 is 0. The lowest BCUT2D eigenvalue weighted by Crippen LogP contribution is -2.34. The van der Waals surface area contributed by atoms with Crippen molar-refractivity contribution in [2.45, 2.75) is 33.2 Å². The van der Waals surface area contributed by atoms with E-state index in [4.69, 9.17) is 5.73 Å². The first kappa shape index (κ1) is 18.3. The lowest BCUT2D eigenvalue weighted by atomic mass is 10.1. The van der Waals surface area contributed by atoms with E-state index >= 15 is 0 Å². The van der Waals surface area contributed by atoms with Crippen LogP contribution >= 0.6 is 0 Å². The average molecular weight is 317 g/mol. The largest absolute Gasteiger partial charge is 0.411 e. The Balaban J connectivity index is 2.40. The Morgan fingerprint density at radius 2 is 1.82 bits per heavy atom. The lowest BCUT2D eigenvalue weighted by molar-refractivity contribution is -0.176. The summed E-state index contributed by atoms with van der Waals surface area (Å²) in [6.07, 6.45) is -4.30. The van der Waals surface area contributed by atoms with Crippen LogP contribution in [0.3, 0.4) is 0 Å². The van der Waals surface area contributed by atoms with E-state index in [1.807, 2.05) is 0 Å². The summed E-state index contributed by atoms with van der Waals surface area (Å²) in [6.45, 7) is 4.00. The molecule has 0 heterocycles. The van der Waals surface area contributed by atoms with Gasteiger partial charge in [-0.15, -0.1) is 0 Å². The van der Waals surface area contributed by atoms with Crippen molar-refractivity contribution in [2.24, 2.45) is 16.6 Å². The average Bonchev–Trinajstić information content (AvgIpc) is 2.43. The second-order valence-corrected chi connectivity index (χ2v) is 5.40. The molecule has 0 bridgehead atoms. The van der Waals surface area contributed by atoms with E-state index in [-0.39, 0.29) is 6.61 Å². The van der Waals surface area contributed by atoms with Gasteiger partial charge in [0.1, 0.15) is 6.61 Å². The van der Waals surface area contributed by atoms with Gasteiger partial charge < -0.3 is 15.8 Å². The molecule has 124 valence electrons. The summed E-state index contributed by atoms with van der Waals surface area (Å²) in [4.78, 5) is 4.19. The zero-order valence-electron chi connectivity index (χ0n) is 12.8. The van der Waals surface area contributed by atoms with Crippen molar-refractivity contribution in [3.63, 3.8) is 0 Å². The Labute approximate surface area is 128 Å². The molecule has 0 atom stereocenters. The summed E-state index contributed by atoms with van der Waals surface area (Å²) in [5.74, 6) is 0.857. The number of hydrogen-bond donors (Lipinski definition) is 2. The number of halogens is 3. The molecule has 0 spiro atoms. The van der Waals surface area contributed by atoms with Crippen molar-refractivity contribution < 1.29 is 17.9 Å². The number of nitrogens with two attached hydrogens (primary N) is 1. The van der Waals surface area contributed by atoms with Gasteiger partial charge in [-0.25, -0.2) is 4.99 Å². The number of benzene rings is 1. The number of nitrogens with one attached hydrogen (secondary N) is 1. The van der Waals surface area contributed by atoms with Gasteiger partial charge in [-0.3, -0.25) is 0 Å². The zero-order valence-corrected chi connectivity index (χ0v) is 12.8. The Hall–Kier alpha value is -1.76. The fourth-order valence-corrected chi connectivity index (χ4v) is 1.57. The fraction of sp³-hybridized carbons (Fsp3) is 0.533. The third-order valence-electron chi connectivity index (χ3n) is 2.68. The summed E-state index contributed by atoms with van der Waals surface area (Å²) < 4.78 is 40.5. The predicted molar refractivity (Wildman–Crippen MR) is 80.3 cm³/mol. The van der Waals surface area contributed by atoms with Crippen molar-refractivity contribution in [2.75, 3.05) is 13.2 Å². The van der Waals surface area contributed by atoms with Crippen LogP contribution in [0.2, 0.25) is 0 Å². The Morgan fingerprint density at radius 3 is 2.36 bits per heavy atom. The molecule has 0 radical (unpaired) electrons. The Morgan fingerprint density at radius 1 is 1.23 bits per heavy atom. The molecule has 3 N–H and O–H groups in total. The minimum atomic E-state index is -4.30. The van der Waals surface area contributed by atoms with Gasteiger partial charge in [-0.05, 0) is 17.0 Å². The number of aliphatic imine (C=N–C) groups is 1. The fourth-order valence-electron chi connectivity index (χ4n) is 1.57. The highest BCUT2D eigenvalue weighted by Gasteiger charge is 2.27. The van der Waals surface area contributed by atoms with Crippen molar-refractivity contribution in [3.05, 3.63) is 35.4 Å². The molecule has 0 aliphatic heterocycles. The van der Waals surface area contributed by atoms with Gasteiger partial charge in [0.05, 0.1) is 13.2 Å². The molecule has 7 heteroatoms. The maximum Gasteiger partial charge on any atom is 0.411 e. The van der Waals surface area contributed by atoms with Gasteiger partial charge in [-0.1, -0.05) is 38.1 Å². The van der Waals surface area contributed by atoms with Crippen LogP contribution < -0.4 is 11.1 Å².